The van der Waals surface area contributed by atoms with E-state index in [9.17, 15) is 9.59 Å². The van der Waals surface area contributed by atoms with Crippen LogP contribution in [0.15, 0.2) is 24.3 Å². The Morgan fingerprint density at radius 2 is 1.95 bits per heavy atom. The molecular weight excluding hydrogens is 282 g/mol. The lowest BCUT2D eigenvalue weighted by molar-refractivity contribution is -0.119. The van der Waals surface area contributed by atoms with Crippen LogP contribution in [0.2, 0.25) is 0 Å². The van der Waals surface area contributed by atoms with Gasteiger partial charge < -0.3 is 21.1 Å². The van der Waals surface area contributed by atoms with Crippen molar-refractivity contribution in [1.29, 1.82) is 0 Å². The molecule has 0 saturated carbocycles. The second-order valence-corrected chi connectivity index (χ2v) is 6.39. The maximum Gasteiger partial charge on any atom is 0.255 e. The SMILES string of the molecule is CC1(C)CN(C(=O)c2ccc(OCC(N)=O)cc2)CCC1N. The normalized spacial score (nSPS) is 20.5. The van der Waals surface area contributed by atoms with E-state index in [0.717, 1.165) is 6.42 Å². The first-order chi connectivity index (χ1) is 10.3. The van der Waals surface area contributed by atoms with Gasteiger partial charge in [0, 0.05) is 24.7 Å². The lowest BCUT2D eigenvalue weighted by Crippen LogP contribution is -2.53. The third-order valence-corrected chi connectivity index (χ3v) is 4.08. The van der Waals surface area contributed by atoms with Crippen LogP contribution in [0, 0.1) is 5.41 Å². The van der Waals surface area contributed by atoms with Crippen molar-refractivity contribution in [2.75, 3.05) is 19.7 Å². The molecule has 0 aliphatic carbocycles. The molecule has 1 atom stereocenters. The number of hydrogen-bond donors (Lipinski definition) is 2. The smallest absolute Gasteiger partial charge is 0.255 e. The molecule has 22 heavy (non-hydrogen) atoms. The Morgan fingerprint density at radius 1 is 1.32 bits per heavy atom. The lowest BCUT2D eigenvalue weighted by Gasteiger charge is -2.42. The summed E-state index contributed by atoms with van der Waals surface area (Å²) >= 11 is 0. The average molecular weight is 305 g/mol. The molecule has 1 heterocycles. The molecule has 1 aliphatic heterocycles. The summed E-state index contributed by atoms with van der Waals surface area (Å²) in [7, 11) is 0. The monoisotopic (exact) mass is 305 g/mol. The molecule has 6 heteroatoms. The molecule has 1 aromatic rings. The second-order valence-electron chi connectivity index (χ2n) is 6.39. The fourth-order valence-corrected chi connectivity index (χ4v) is 2.58. The maximum absolute atomic E-state index is 12.5. The highest BCUT2D eigenvalue weighted by molar-refractivity contribution is 5.94. The summed E-state index contributed by atoms with van der Waals surface area (Å²) in [5.74, 6) is -0.0372. The van der Waals surface area contributed by atoms with Crippen molar-refractivity contribution < 1.29 is 14.3 Å². The molecule has 0 spiro atoms. The van der Waals surface area contributed by atoms with Gasteiger partial charge in [0.05, 0.1) is 0 Å². The first kappa shape index (κ1) is 16.3. The molecule has 6 nitrogen and oxygen atoms in total. The van der Waals surface area contributed by atoms with Crippen LogP contribution in [0.4, 0.5) is 0 Å². The van der Waals surface area contributed by atoms with Crippen LogP contribution in [0.1, 0.15) is 30.6 Å². The predicted molar refractivity (Wildman–Crippen MR) is 83.4 cm³/mol. The largest absolute Gasteiger partial charge is 0.484 e. The molecule has 0 radical (unpaired) electrons. The quantitative estimate of drug-likeness (QED) is 0.857. The first-order valence-corrected chi connectivity index (χ1v) is 7.35. The Morgan fingerprint density at radius 3 is 2.50 bits per heavy atom. The molecule has 2 rings (SSSR count). The molecule has 1 saturated heterocycles. The van der Waals surface area contributed by atoms with Gasteiger partial charge in [0.25, 0.3) is 11.8 Å². The minimum Gasteiger partial charge on any atom is -0.484 e. The molecule has 1 fully saturated rings. The molecule has 120 valence electrons. The van der Waals surface area contributed by atoms with Crippen LogP contribution in [0.25, 0.3) is 0 Å². The van der Waals surface area contributed by atoms with Crippen molar-refractivity contribution >= 4 is 11.8 Å². The van der Waals surface area contributed by atoms with Gasteiger partial charge in [-0.1, -0.05) is 13.8 Å². The highest BCUT2D eigenvalue weighted by Crippen LogP contribution is 2.28. The van der Waals surface area contributed by atoms with Gasteiger partial charge in [-0.3, -0.25) is 9.59 Å². The summed E-state index contributed by atoms with van der Waals surface area (Å²) in [6.07, 6.45) is 0.804. The van der Waals surface area contributed by atoms with Crippen LogP contribution in [-0.2, 0) is 4.79 Å². The summed E-state index contributed by atoms with van der Waals surface area (Å²) < 4.78 is 5.18. The van der Waals surface area contributed by atoms with Gasteiger partial charge in [-0.15, -0.1) is 0 Å². The molecule has 1 aromatic carbocycles. The topological polar surface area (TPSA) is 98.6 Å². The number of carbonyl (C=O) groups excluding carboxylic acids is 2. The number of nitrogens with zero attached hydrogens (tertiary/aromatic N) is 1. The van der Waals surface area contributed by atoms with Crippen LogP contribution in [-0.4, -0.2) is 42.5 Å². The van der Waals surface area contributed by atoms with E-state index >= 15 is 0 Å². The van der Waals surface area contributed by atoms with Gasteiger partial charge in [0.15, 0.2) is 6.61 Å². The average Bonchev–Trinajstić information content (AvgIpc) is 2.47. The van der Waals surface area contributed by atoms with E-state index in [-0.39, 0.29) is 24.0 Å². The number of amides is 2. The van der Waals surface area contributed by atoms with Gasteiger partial charge in [0.2, 0.25) is 0 Å². The number of primary amides is 1. The third-order valence-electron chi connectivity index (χ3n) is 4.08. The maximum atomic E-state index is 12.5. The predicted octanol–water partition coefficient (Wildman–Crippen LogP) is 0.750. The van der Waals surface area contributed by atoms with E-state index in [0.29, 0.717) is 24.4 Å². The van der Waals surface area contributed by atoms with Crippen LogP contribution < -0.4 is 16.2 Å². The zero-order valence-electron chi connectivity index (χ0n) is 13.0. The van der Waals surface area contributed by atoms with Gasteiger partial charge in [0.1, 0.15) is 5.75 Å². The Labute approximate surface area is 130 Å². The summed E-state index contributed by atoms with van der Waals surface area (Å²) in [4.78, 5) is 25.0. The minimum atomic E-state index is -0.535. The second kappa shape index (κ2) is 6.36. The molecule has 0 bridgehead atoms. The van der Waals surface area contributed by atoms with Crippen molar-refractivity contribution in [2.24, 2.45) is 16.9 Å². The fraction of sp³-hybridized carbons (Fsp3) is 0.500. The highest BCUT2D eigenvalue weighted by atomic mass is 16.5. The van der Waals surface area contributed by atoms with E-state index in [2.05, 4.69) is 13.8 Å². The van der Waals surface area contributed by atoms with Crippen LogP contribution in [0.5, 0.6) is 5.75 Å². The Hall–Kier alpha value is -2.08. The number of benzene rings is 1. The number of hydrogen-bond acceptors (Lipinski definition) is 4. The van der Waals surface area contributed by atoms with Crippen molar-refractivity contribution in [1.82, 2.24) is 4.90 Å². The standard InChI is InChI=1S/C16H23N3O3/c1-16(2)10-19(8-7-13(16)17)15(21)11-3-5-12(6-4-11)22-9-14(18)20/h3-6,13H,7-10,17H2,1-2H3,(H2,18,20). The number of carbonyl (C=O) groups is 2. The van der Waals surface area contributed by atoms with E-state index in [1.807, 2.05) is 4.90 Å². The zero-order chi connectivity index (χ0) is 16.3. The van der Waals surface area contributed by atoms with E-state index in [1.165, 1.54) is 0 Å². The van der Waals surface area contributed by atoms with E-state index in [1.54, 1.807) is 24.3 Å². The summed E-state index contributed by atoms with van der Waals surface area (Å²) in [6.45, 7) is 5.30. The summed E-state index contributed by atoms with van der Waals surface area (Å²) in [6, 6.07) is 6.83. The fourth-order valence-electron chi connectivity index (χ4n) is 2.58. The van der Waals surface area contributed by atoms with Crippen molar-refractivity contribution in [3.8, 4) is 5.75 Å². The van der Waals surface area contributed by atoms with Crippen molar-refractivity contribution in [2.45, 2.75) is 26.3 Å². The molecular formula is C16H23N3O3. The van der Waals surface area contributed by atoms with E-state index in [4.69, 9.17) is 16.2 Å². The number of nitrogens with two attached hydrogens (primary N) is 2. The third kappa shape index (κ3) is 3.76. The minimum absolute atomic E-state index is 0.0126. The van der Waals surface area contributed by atoms with E-state index < -0.39 is 5.91 Å². The first-order valence-electron chi connectivity index (χ1n) is 7.35. The Balaban J connectivity index is 2.02. The van der Waals surface area contributed by atoms with Gasteiger partial charge in [-0.2, -0.15) is 0 Å². The highest BCUT2D eigenvalue weighted by Gasteiger charge is 2.35. The molecule has 0 aromatic heterocycles. The Kier molecular flexibility index (Phi) is 4.71. The summed E-state index contributed by atoms with van der Waals surface area (Å²) in [5.41, 5.74) is 11.6. The summed E-state index contributed by atoms with van der Waals surface area (Å²) in [5, 5.41) is 0. The van der Waals surface area contributed by atoms with Crippen LogP contribution >= 0.6 is 0 Å². The number of ether oxygens (including phenoxy) is 1. The van der Waals surface area contributed by atoms with Gasteiger partial charge in [-0.05, 0) is 36.1 Å². The van der Waals surface area contributed by atoms with Crippen LogP contribution in [0.3, 0.4) is 0 Å². The van der Waals surface area contributed by atoms with Gasteiger partial charge in [-0.25, -0.2) is 0 Å². The molecule has 2 amide bonds. The number of piperidine rings is 1. The molecule has 4 N–H and O–H groups in total. The number of rotatable bonds is 4. The number of likely N-dealkylation sites (tertiary alicyclic amines) is 1. The lowest BCUT2D eigenvalue weighted by atomic mass is 9.79. The van der Waals surface area contributed by atoms with Gasteiger partial charge >= 0.3 is 0 Å². The Bertz CT molecular complexity index is 554. The molecule has 1 aliphatic rings. The van der Waals surface area contributed by atoms with Crippen molar-refractivity contribution in [3.05, 3.63) is 29.8 Å². The zero-order valence-corrected chi connectivity index (χ0v) is 13.0. The molecule has 1 unspecified atom stereocenters. The van der Waals surface area contributed by atoms with Crippen molar-refractivity contribution in [3.63, 3.8) is 0 Å².